The van der Waals surface area contributed by atoms with E-state index in [0.717, 1.165) is 19.6 Å². The molecular weight excluding hydrogens is 178 g/mol. The first-order valence-corrected chi connectivity index (χ1v) is 5.42. The first kappa shape index (κ1) is 11.5. The number of rotatable bonds is 5. The summed E-state index contributed by atoms with van der Waals surface area (Å²) in [6, 6.07) is 0.388. The topological polar surface area (TPSA) is 58.4 Å². The lowest BCUT2D eigenvalue weighted by atomic mass is 10.2. The van der Waals surface area contributed by atoms with Crippen LogP contribution < -0.4 is 11.1 Å². The molecule has 1 heterocycles. The summed E-state index contributed by atoms with van der Waals surface area (Å²) in [5.41, 5.74) is 5.29. The molecule has 1 aliphatic rings. The number of carbonyl (C=O) groups is 1. The molecule has 3 N–H and O–H groups in total. The Morgan fingerprint density at radius 1 is 1.71 bits per heavy atom. The fraction of sp³-hybridized carbons (Fsp3) is 0.900. The Hall–Kier alpha value is -0.610. The minimum atomic E-state index is -0.232. The molecule has 1 amide bonds. The average molecular weight is 199 g/mol. The number of nitrogens with one attached hydrogen (secondary N) is 1. The molecule has 1 saturated heterocycles. The van der Waals surface area contributed by atoms with Crippen molar-refractivity contribution in [3.63, 3.8) is 0 Å². The van der Waals surface area contributed by atoms with Gasteiger partial charge in [-0.15, -0.1) is 0 Å². The summed E-state index contributed by atoms with van der Waals surface area (Å²) in [4.78, 5) is 13.2. The van der Waals surface area contributed by atoms with Crippen LogP contribution in [0.3, 0.4) is 0 Å². The van der Waals surface area contributed by atoms with Crippen LogP contribution in [-0.4, -0.2) is 42.5 Å². The Kier molecular flexibility index (Phi) is 4.35. The molecule has 0 aromatic carbocycles. The van der Waals surface area contributed by atoms with Crippen molar-refractivity contribution in [1.29, 1.82) is 0 Å². The van der Waals surface area contributed by atoms with Crippen molar-refractivity contribution in [1.82, 2.24) is 10.2 Å². The number of nitrogens with two attached hydrogens (primary N) is 1. The SMILES string of the molecule is CCN(CC1CCCN1)C(C)C(N)=O. The van der Waals surface area contributed by atoms with Gasteiger partial charge in [0.2, 0.25) is 5.91 Å². The minimum Gasteiger partial charge on any atom is -0.368 e. The van der Waals surface area contributed by atoms with Crippen LogP contribution in [0.5, 0.6) is 0 Å². The van der Waals surface area contributed by atoms with Gasteiger partial charge in [0, 0.05) is 12.6 Å². The van der Waals surface area contributed by atoms with Crippen LogP contribution in [0.25, 0.3) is 0 Å². The van der Waals surface area contributed by atoms with Gasteiger partial charge in [-0.3, -0.25) is 9.69 Å². The van der Waals surface area contributed by atoms with Gasteiger partial charge in [0.25, 0.3) is 0 Å². The molecule has 0 aliphatic carbocycles. The molecule has 0 aromatic rings. The molecule has 2 unspecified atom stereocenters. The summed E-state index contributed by atoms with van der Waals surface area (Å²) in [6.45, 7) is 6.85. The van der Waals surface area contributed by atoms with Gasteiger partial charge >= 0.3 is 0 Å². The Balaban J connectivity index is 2.40. The first-order valence-electron chi connectivity index (χ1n) is 5.42. The van der Waals surface area contributed by atoms with E-state index in [1.807, 2.05) is 6.92 Å². The zero-order chi connectivity index (χ0) is 10.6. The maximum absolute atomic E-state index is 11.0. The lowest BCUT2D eigenvalue weighted by Crippen LogP contribution is -2.47. The summed E-state index contributed by atoms with van der Waals surface area (Å²) in [5.74, 6) is -0.232. The van der Waals surface area contributed by atoms with Gasteiger partial charge in [-0.2, -0.15) is 0 Å². The predicted molar refractivity (Wildman–Crippen MR) is 56.9 cm³/mol. The van der Waals surface area contributed by atoms with Crippen LogP contribution in [0.2, 0.25) is 0 Å². The Morgan fingerprint density at radius 2 is 2.43 bits per heavy atom. The van der Waals surface area contributed by atoms with E-state index in [-0.39, 0.29) is 11.9 Å². The summed E-state index contributed by atoms with van der Waals surface area (Å²) >= 11 is 0. The monoisotopic (exact) mass is 199 g/mol. The molecule has 4 nitrogen and oxygen atoms in total. The third kappa shape index (κ3) is 2.96. The zero-order valence-corrected chi connectivity index (χ0v) is 9.12. The van der Waals surface area contributed by atoms with E-state index in [2.05, 4.69) is 17.1 Å². The van der Waals surface area contributed by atoms with Gasteiger partial charge in [-0.05, 0) is 32.9 Å². The molecule has 2 atom stereocenters. The fourth-order valence-electron chi connectivity index (χ4n) is 1.94. The van der Waals surface area contributed by atoms with E-state index < -0.39 is 0 Å². The molecule has 1 rings (SSSR count). The average Bonchev–Trinajstić information content (AvgIpc) is 2.65. The van der Waals surface area contributed by atoms with Gasteiger partial charge in [0.15, 0.2) is 0 Å². The van der Waals surface area contributed by atoms with E-state index in [1.165, 1.54) is 12.8 Å². The summed E-state index contributed by atoms with van der Waals surface area (Å²) in [6.07, 6.45) is 2.45. The van der Waals surface area contributed by atoms with E-state index >= 15 is 0 Å². The molecule has 14 heavy (non-hydrogen) atoms. The van der Waals surface area contributed by atoms with Crippen molar-refractivity contribution < 1.29 is 4.79 Å². The zero-order valence-electron chi connectivity index (χ0n) is 9.12. The quantitative estimate of drug-likeness (QED) is 0.652. The maximum atomic E-state index is 11.0. The number of primary amides is 1. The molecule has 0 saturated carbocycles. The largest absolute Gasteiger partial charge is 0.368 e. The van der Waals surface area contributed by atoms with Crippen LogP contribution in [-0.2, 0) is 4.79 Å². The number of amides is 1. The Bertz CT molecular complexity index is 190. The molecule has 0 aromatic heterocycles. The fourth-order valence-corrected chi connectivity index (χ4v) is 1.94. The number of carbonyl (C=O) groups excluding carboxylic acids is 1. The van der Waals surface area contributed by atoms with Crippen molar-refractivity contribution in [3.05, 3.63) is 0 Å². The van der Waals surface area contributed by atoms with Crippen molar-refractivity contribution >= 4 is 5.91 Å². The standard InChI is InChI=1S/C10H21N3O/c1-3-13(8(2)10(11)14)7-9-5-4-6-12-9/h8-9,12H,3-7H2,1-2H3,(H2,11,14). The number of likely N-dealkylation sites (N-methyl/N-ethyl adjacent to an activating group) is 1. The van der Waals surface area contributed by atoms with Gasteiger partial charge in [-0.25, -0.2) is 0 Å². The summed E-state index contributed by atoms with van der Waals surface area (Å²) in [7, 11) is 0. The number of nitrogens with zero attached hydrogens (tertiary/aromatic N) is 1. The van der Waals surface area contributed by atoms with E-state index in [0.29, 0.717) is 6.04 Å². The highest BCUT2D eigenvalue weighted by Gasteiger charge is 2.22. The Morgan fingerprint density at radius 3 is 2.86 bits per heavy atom. The van der Waals surface area contributed by atoms with E-state index in [1.54, 1.807) is 0 Å². The van der Waals surface area contributed by atoms with E-state index in [4.69, 9.17) is 5.73 Å². The van der Waals surface area contributed by atoms with Gasteiger partial charge in [0.05, 0.1) is 6.04 Å². The molecule has 4 heteroatoms. The van der Waals surface area contributed by atoms with Crippen LogP contribution in [0, 0.1) is 0 Å². The summed E-state index contributed by atoms with van der Waals surface area (Å²) in [5, 5.41) is 3.42. The third-order valence-electron chi connectivity index (χ3n) is 2.98. The molecule has 0 bridgehead atoms. The van der Waals surface area contributed by atoms with Crippen molar-refractivity contribution in [3.8, 4) is 0 Å². The van der Waals surface area contributed by atoms with Crippen LogP contribution in [0.1, 0.15) is 26.7 Å². The molecule has 82 valence electrons. The van der Waals surface area contributed by atoms with Crippen molar-refractivity contribution in [2.75, 3.05) is 19.6 Å². The molecule has 1 fully saturated rings. The van der Waals surface area contributed by atoms with Gasteiger partial charge < -0.3 is 11.1 Å². The molecule has 0 spiro atoms. The second-order valence-electron chi connectivity index (χ2n) is 3.96. The molecule has 1 aliphatic heterocycles. The van der Waals surface area contributed by atoms with Crippen molar-refractivity contribution in [2.24, 2.45) is 5.73 Å². The highest BCUT2D eigenvalue weighted by molar-refractivity contribution is 5.79. The number of hydrogen-bond acceptors (Lipinski definition) is 3. The minimum absolute atomic E-state index is 0.151. The van der Waals surface area contributed by atoms with Gasteiger partial charge in [-0.1, -0.05) is 6.92 Å². The second kappa shape index (κ2) is 5.32. The maximum Gasteiger partial charge on any atom is 0.234 e. The summed E-state index contributed by atoms with van der Waals surface area (Å²) < 4.78 is 0. The normalized spacial score (nSPS) is 24.1. The van der Waals surface area contributed by atoms with Crippen LogP contribution in [0.4, 0.5) is 0 Å². The smallest absolute Gasteiger partial charge is 0.234 e. The lowest BCUT2D eigenvalue weighted by molar-refractivity contribution is -0.122. The molecular formula is C10H21N3O. The Labute approximate surface area is 85.8 Å². The highest BCUT2D eigenvalue weighted by atomic mass is 16.1. The lowest BCUT2D eigenvalue weighted by Gasteiger charge is -2.28. The van der Waals surface area contributed by atoms with Crippen LogP contribution >= 0.6 is 0 Å². The molecule has 0 radical (unpaired) electrons. The number of hydrogen-bond donors (Lipinski definition) is 2. The van der Waals surface area contributed by atoms with Gasteiger partial charge in [0.1, 0.15) is 0 Å². The predicted octanol–water partition coefficient (Wildman–Crippen LogP) is -0.0659. The van der Waals surface area contributed by atoms with Crippen molar-refractivity contribution in [2.45, 2.75) is 38.8 Å². The third-order valence-corrected chi connectivity index (χ3v) is 2.98. The first-order chi connectivity index (χ1) is 6.65. The highest BCUT2D eigenvalue weighted by Crippen LogP contribution is 2.08. The van der Waals surface area contributed by atoms with E-state index in [9.17, 15) is 4.79 Å². The van der Waals surface area contributed by atoms with Crippen LogP contribution in [0.15, 0.2) is 0 Å². The second-order valence-corrected chi connectivity index (χ2v) is 3.96.